The van der Waals surface area contributed by atoms with Crippen LogP contribution < -0.4 is 5.32 Å². The Bertz CT molecular complexity index is 999. The summed E-state index contributed by atoms with van der Waals surface area (Å²) in [4.78, 5) is 24.5. The molecule has 154 valence electrons. The molecule has 0 radical (unpaired) electrons. The van der Waals surface area contributed by atoms with Crippen LogP contribution in [0.2, 0.25) is 0 Å². The number of aromatic nitrogens is 3. The summed E-state index contributed by atoms with van der Waals surface area (Å²) < 4.78 is 1.96. The first-order valence-electron chi connectivity index (χ1n) is 10.3. The minimum absolute atomic E-state index is 0.348. The van der Waals surface area contributed by atoms with Gasteiger partial charge in [0.2, 0.25) is 0 Å². The molecular weight excluding hydrogens is 400 g/mol. The van der Waals surface area contributed by atoms with Crippen LogP contribution in [-0.4, -0.2) is 26.9 Å². The third kappa shape index (κ3) is 4.68. The lowest BCUT2D eigenvalue weighted by Crippen LogP contribution is -2.22. The van der Waals surface area contributed by atoms with E-state index in [0.29, 0.717) is 24.5 Å². The van der Waals surface area contributed by atoms with Crippen molar-refractivity contribution in [3.8, 4) is 16.4 Å². The Balaban J connectivity index is 1.61. The minimum atomic E-state index is 0.348. The van der Waals surface area contributed by atoms with Crippen molar-refractivity contribution in [1.29, 1.82) is 0 Å². The molecule has 4 heterocycles. The van der Waals surface area contributed by atoms with Gasteiger partial charge in [-0.25, -0.2) is 9.97 Å². The smallest absolute Gasteiger partial charge is 0.149 e. The predicted molar refractivity (Wildman–Crippen MR) is 120 cm³/mol. The fraction of sp³-hybridized carbons (Fsp3) is 0.500. The van der Waals surface area contributed by atoms with Gasteiger partial charge in [-0.05, 0) is 37.8 Å². The van der Waals surface area contributed by atoms with Crippen LogP contribution >= 0.6 is 22.7 Å². The number of imidazole rings is 1. The summed E-state index contributed by atoms with van der Waals surface area (Å²) in [5.74, 6) is 1.90. The van der Waals surface area contributed by atoms with Gasteiger partial charge in [0.25, 0.3) is 0 Å². The largest absolute Gasteiger partial charge is 0.312 e. The van der Waals surface area contributed by atoms with E-state index in [2.05, 4.69) is 29.5 Å². The number of carbonyl (C=O) groups is 1. The number of ketones is 1. The maximum absolute atomic E-state index is 12.7. The van der Waals surface area contributed by atoms with Crippen LogP contribution in [0.25, 0.3) is 16.4 Å². The topological polar surface area (TPSA) is 59.8 Å². The average Bonchev–Trinajstić information content (AvgIpc) is 3.38. The van der Waals surface area contributed by atoms with Crippen LogP contribution in [0.1, 0.15) is 54.1 Å². The van der Waals surface area contributed by atoms with Crippen LogP contribution in [0.3, 0.4) is 0 Å². The second-order valence-electron chi connectivity index (χ2n) is 8.16. The molecule has 0 spiro atoms. The van der Waals surface area contributed by atoms with Crippen LogP contribution in [0.4, 0.5) is 0 Å². The predicted octanol–water partition coefficient (Wildman–Crippen LogP) is 4.95. The molecule has 0 atom stereocenters. The molecule has 5 nitrogen and oxygen atoms in total. The summed E-state index contributed by atoms with van der Waals surface area (Å²) in [6.45, 7) is 8.29. The second-order valence-corrected chi connectivity index (χ2v) is 10.2. The molecule has 3 aromatic heterocycles. The van der Waals surface area contributed by atoms with Crippen molar-refractivity contribution in [2.75, 3.05) is 6.54 Å². The van der Waals surface area contributed by atoms with Crippen molar-refractivity contribution in [3.63, 3.8) is 0 Å². The summed E-state index contributed by atoms with van der Waals surface area (Å²) in [6.07, 6.45) is 8.11. The van der Waals surface area contributed by atoms with Crippen molar-refractivity contribution < 1.29 is 4.79 Å². The number of Topliss-reactive ketones (excluding diaryl/α,β-unsaturated/α-hetero) is 1. The highest BCUT2D eigenvalue weighted by molar-refractivity contribution is 7.15. The van der Waals surface area contributed by atoms with E-state index in [0.717, 1.165) is 48.9 Å². The number of aryl methyl sites for hydroxylation is 1. The Kier molecular flexibility index (Phi) is 6.27. The average molecular weight is 429 g/mol. The Labute approximate surface area is 180 Å². The van der Waals surface area contributed by atoms with Gasteiger partial charge < -0.3 is 5.32 Å². The van der Waals surface area contributed by atoms with Crippen LogP contribution in [-0.2, 0) is 24.2 Å². The maximum Gasteiger partial charge on any atom is 0.149 e. The van der Waals surface area contributed by atoms with Crippen molar-refractivity contribution in [2.24, 2.45) is 5.92 Å². The van der Waals surface area contributed by atoms with Crippen LogP contribution in [0, 0.1) is 12.8 Å². The van der Waals surface area contributed by atoms with E-state index >= 15 is 0 Å². The SMILES string of the molecule is Cc1cn(-c2csc(-c3c(CC(=O)CCCC(C)C)sc4c3CCNC4)n2)cn1. The monoisotopic (exact) mass is 428 g/mol. The standard InChI is InChI=1S/C22H28N4OS2/c1-14(2)5-4-6-16(27)9-18-21(17-7-8-23-10-19(17)29-18)22-25-20(12-28-22)26-11-15(3)24-13-26/h11-14,23H,4-10H2,1-3H3. The van der Waals surface area contributed by atoms with E-state index in [1.165, 1.54) is 20.9 Å². The van der Waals surface area contributed by atoms with Gasteiger partial charge in [-0.3, -0.25) is 9.36 Å². The third-order valence-corrected chi connectivity index (χ3v) is 7.36. The summed E-state index contributed by atoms with van der Waals surface area (Å²) >= 11 is 3.46. The van der Waals surface area contributed by atoms with Gasteiger partial charge in [0.1, 0.15) is 22.9 Å². The molecule has 0 saturated carbocycles. The number of carbonyl (C=O) groups excluding carboxylic acids is 1. The molecule has 0 unspecified atom stereocenters. The highest BCUT2D eigenvalue weighted by Gasteiger charge is 2.25. The molecule has 1 N–H and O–H groups in total. The highest BCUT2D eigenvalue weighted by Crippen LogP contribution is 2.40. The summed E-state index contributed by atoms with van der Waals surface area (Å²) in [5.41, 5.74) is 3.59. The Hall–Kier alpha value is -1.83. The van der Waals surface area contributed by atoms with Crippen molar-refractivity contribution in [2.45, 2.75) is 59.4 Å². The van der Waals surface area contributed by atoms with E-state index in [1.54, 1.807) is 29.0 Å². The molecule has 0 amide bonds. The van der Waals surface area contributed by atoms with E-state index in [9.17, 15) is 4.79 Å². The summed E-state index contributed by atoms with van der Waals surface area (Å²) in [7, 11) is 0. The van der Waals surface area contributed by atoms with Crippen molar-refractivity contribution >= 4 is 28.5 Å². The summed E-state index contributed by atoms with van der Waals surface area (Å²) in [6, 6.07) is 0. The van der Waals surface area contributed by atoms with Gasteiger partial charge in [-0.2, -0.15) is 0 Å². The first kappa shape index (κ1) is 20.4. The van der Waals surface area contributed by atoms with Gasteiger partial charge in [0, 0.05) is 46.3 Å². The zero-order valence-electron chi connectivity index (χ0n) is 17.3. The number of nitrogens with one attached hydrogen (secondary N) is 1. The minimum Gasteiger partial charge on any atom is -0.312 e. The van der Waals surface area contributed by atoms with Crippen LogP contribution in [0.15, 0.2) is 17.9 Å². The molecule has 0 saturated heterocycles. The summed E-state index contributed by atoms with van der Waals surface area (Å²) in [5, 5.41) is 6.57. The molecule has 0 bridgehead atoms. The van der Waals surface area contributed by atoms with Gasteiger partial charge in [0.15, 0.2) is 0 Å². The van der Waals surface area contributed by atoms with E-state index in [-0.39, 0.29) is 0 Å². The molecule has 0 aliphatic carbocycles. The van der Waals surface area contributed by atoms with E-state index < -0.39 is 0 Å². The molecule has 1 aliphatic heterocycles. The Morgan fingerprint density at radius 3 is 3.00 bits per heavy atom. The molecule has 0 fully saturated rings. The highest BCUT2D eigenvalue weighted by atomic mass is 32.1. The van der Waals surface area contributed by atoms with Crippen molar-refractivity contribution in [3.05, 3.63) is 38.9 Å². The lowest BCUT2D eigenvalue weighted by molar-refractivity contribution is -0.118. The molecule has 7 heteroatoms. The van der Waals surface area contributed by atoms with Crippen LogP contribution in [0.5, 0.6) is 0 Å². The molecule has 29 heavy (non-hydrogen) atoms. The number of rotatable bonds is 8. The van der Waals surface area contributed by atoms with Crippen molar-refractivity contribution in [1.82, 2.24) is 19.9 Å². The Morgan fingerprint density at radius 1 is 1.38 bits per heavy atom. The van der Waals surface area contributed by atoms with Gasteiger partial charge >= 0.3 is 0 Å². The number of hydrogen-bond donors (Lipinski definition) is 1. The fourth-order valence-corrected chi connectivity index (χ4v) is 6.11. The number of fused-ring (bicyclic) bond motifs is 1. The first-order valence-corrected chi connectivity index (χ1v) is 12.0. The lowest BCUT2D eigenvalue weighted by atomic mass is 9.99. The van der Waals surface area contributed by atoms with Gasteiger partial charge in [0.05, 0.1) is 5.69 Å². The third-order valence-electron chi connectivity index (χ3n) is 5.28. The van der Waals surface area contributed by atoms with E-state index in [4.69, 9.17) is 4.98 Å². The lowest BCUT2D eigenvalue weighted by Gasteiger charge is -2.13. The first-order chi connectivity index (χ1) is 14.0. The number of thiazole rings is 1. The van der Waals surface area contributed by atoms with Gasteiger partial charge in [-0.15, -0.1) is 22.7 Å². The van der Waals surface area contributed by atoms with Gasteiger partial charge in [-0.1, -0.05) is 20.3 Å². The Morgan fingerprint density at radius 2 is 2.24 bits per heavy atom. The molecule has 1 aliphatic rings. The number of hydrogen-bond acceptors (Lipinski definition) is 6. The molecule has 0 aromatic carbocycles. The molecule has 3 aromatic rings. The fourth-order valence-electron chi connectivity index (χ4n) is 3.78. The quantitative estimate of drug-likeness (QED) is 0.551. The number of thiophene rings is 1. The zero-order valence-corrected chi connectivity index (χ0v) is 19.0. The normalized spacial score (nSPS) is 13.8. The second kappa shape index (κ2) is 8.90. The maximum atomic E-state index is 12.7. The zero-order chi connectivity index (χ0) is 20.4. The molecular formula is C22H28N4OS2. The molecule has 4 rings (SSSR count). The van der Waals surface area contributed by atoms with E-state index in [1.807, 2.05) is 17.7 Å². The number of nitrogens with zero attached hydrogens (tertiary/aromatic N) is 3.